The topological polar surface area (TPSA) is 118 Å². The van der Waals surface area contributed by atoms with E-state index in [1.165, 1.54) is 6.92 Å². The van der Waals surface area contributed by atoms with E-state index in [0.717, 1.165) is 52.9 Å². The third-order valence-electron chi connectivity index (χ3n) is 7.95. The highest BCUT2D eigenvalue weighted by atomic mass is 16.7. The molecule has 5 atom stereocenters. The van der Waals surface area contributed by atoms with Gasteiger partial charge in [-0.1, -0.05) is 66.7 Å². The van der Waals surface area contributed by atoms with Crippen molar-refractivity contribution in [3.63, 3.8) is 0 Å². The molecule has 1 amide bonds. The molecular weight excluding hydrogens is 548 g/mol. The van der Waals surface area contributed by atoms with E-state index in [9.17, 15) is 19.8 Å². The number of nitrogens with zero attached hydrogens (tertiary/aromatic N) is 1. The number of carbonyl (C=O) groups is 2. The number of esters is 1. The van der Waals surface area contributed by atoms with Crippen molar-refractivity contribution in [2.45, 2.75) is 70.5 Å². The molecule has 0 spiro atoms. The van der Waals surface area contributed by atoms with Crippen molar-refractivity contribution < 1.29 is 34.0 Å². The van der Waals surface area contributed by atoms with Gasteiger partial charge in [-0.2, -0.15) is 0 Å². The number of ether oxygens (including phenoxy) is 3. The molecular formula is C34H40N2O7. The number of β-amino-alcohol motifs (C(OH)–C–C–N with tert-alkyl or cyclic N) is 1. The van der Waals surface area contributed by atoms with Gasteiger partial charge < -0.3 is 29.7 Å². The molecule has 5 rings (SSSR count). The number of benzene rings is 3. The first-order valence-electron chi connectivity index (χ1n) is 14.8. The Kier molecular flexibility index (Phi) is 10.2. The summed E-state index contributed by atoms with van der Waals surface area (Å²) in [6.07, 6.45) is -0.448. The fourth-order valence-electron chi connectivity index (χ4n) is 5.63. The number of likely N-dealkylation sites (tertiary alicyclic amines) is 1. The van der Waals surface area contributed by atoms with Crippen LogP contribution in [0.3, 0.4) is 0 Å². The van der Waals surface area contributed by atoms with Crippen LogP contribution in [-0.4, -0.2) is 64.9 Å². The van der Waals surface area contributed by atoms with E-state index >= 15 is 0 Å². The van der Waals surface area contributed by atoms with Crippen LogP contribution in [0.5, 0.6) is 0 Å². The summed E-state index contributed by atoms with van der Waals surface area (Å²) in [7, 11) is 0. The summed E-state index contributed by atoms with van der Waals surface area (Å²) >= 11 is 0. The van der Waals surface area contributed by atoms with Gasteiger partial charge in [0, 0.05) is 45.1 Å². The van der Waals surface area contributed by atoms with Gasteiger partial charge >= 0.3 is 5.97 Å². The first kappa shape index (κ1) is 30.8. The van der Waals surface area contributed by atoms with E-state index in [2.05, 4.69) is 10.2 Å². The fourth-order valence-corrected chi connectivity index (χ4v) is 5.63. The van der Waals surface area contributed by atoms with E-state index in [4.69, 9.17) is 14.2 Å². The molecule has 9 heteroatoms. The number of nitrogens with one attached hydrogen (secondary N) is 1. The fraction of sp³-hybridized carbons (Fsp3) is 0.412. The van der Waals surface area contributed by atoms with Crippen molar-refractivity contribution >= 4 is 11.9 Å². The molecule has 0 aliphatic carbocycles. The number of carbonyl (C=O) groups excluding carboxylic acids is 2. The molecule has 0 unspecified atom stereocenters. The van der Waals surface area contributed by atoms with Crippen LogP contribution in [0.2, 0.25) is 0 Å². The number of hydrogen-bond acceptors (Lipinski definition) is 8. The normalized spacial score (nSPS) is 23.1. The van der Waals surface area contributed by atoms with Crippen LogP contribution in [-0.2, 0) is 37.0 Å². The van der Waals surface area contributed by atoms with E-state index in [-0.39, 0.29) is 30.8 Å². The third kappa shape index (κ3) is 8.28. The minimum Gasteiger partial charge on any atom is -0.453 e. The summed E-state index contributed by atoms with van der Waals surface area (Å²) in [5.74, 6) is -0.842. The molecule has 0 bridgehead atoms. The molecule has 3 N–H and O–H groups in total. The Morgan fingerprint density at radius 3 is 2.42 bits per heavy atom. The maximum atomic E-state index is 12.2. The van der Waals surface area contributed by atoms with E-state index in [1.54, 1.807) is 6.92 Å². The standard InChI is InChI=1S/C34H40N2O7/c1-22(41-23(2)38)33(40)35-18-25-4-3-5-29(16-25)26-10-12-28(13-11-26)34-42-31(20-36-15-14-30(39)19-36)17-32(43-34)27-8-6-24(21-37)7-9-27/h3-13,16,22,30-32,34,37,39H,14-15,17-21H2,1-2H3,(H,35,40)/t22-,30-,31-,32+,34+/m0/s1. The van der Waals surface area contributed by atoms with Crippen LogP contribution in [0.25, 0.3) is 11.1 Å². The Hall–Kier alpha value is -3.60. The van der Waals surface area contributed by atoms with Crippen LogP contribution < -0.4 is 5.32 Å². The van der Waals surface area contributed by atoms with E-state index in [1.807, 2.05) is 72.8 Å². The monoisotopic (exact) mass is 588 g/mol. The summed E-state index contributed by atoms with van der Waals surface area (Å²) in [6.45, 7) is 5.37. The van der Waals surface area contributed by atoms with Gasteiger partial charge in [-0.25, -0.2) is 0 Å². The lowest BCUT2D eigenvalue weighted by Crippen LogP contribution is -2.38. The first-order valence-corrected chi connectivity index (χ1v) is 14.8. The quantitative estimate of drug-likeness (QED) is 0.304. The molecule has 0 aromatic heterocycles. The molecule has 2 heterocycles. The van der Waals surface area contributed by atoms with Gasteiger partial charge in [0.1, 0.15) is 0 Å². The van der Waals surface area contributed by atoms with Gasteiger partial charge in [0.2, 0.25) is 0 Å². The van der Waals surface area contributed by atoms with Gasteiger partial charge in [-0.05, 0) is 47.2 Å². The molecule has 3 aromatic rings. The molecule has 2 saturated heterocycles. The predicted molar refractivity (Wildman–Crippen MR) is 160 cm³/mol. The summed E-state index contributed by atoms with van der Waals surface area (Å²) in [5.41, 5.74) is 5.75. The largest absolute Gasteiger partial charge is 0.453 e. The Labute approximate surface area is 252 Å². The Balaban J connectivity index is 1.28. The maximum absolute atomic E-state index is 12.2. The van der Waals surface area contributed by atoms with Crippen LogP contribution in [0, 0.1) is 0 Å². The summed E-state index contributed by atoms with van der Waals surface area (Å²) in [4.78, 5) is 25.6. The Morgan fingerprint density at radius 1 is 1.00 bits per heavy atom. The van der Waals surface area contributed by atoms with Gasteiger partial charge in [-0.3, -0.25) is 14.5 Å². The number of rotatable bonds is 10. The number of aliphatic hydroxyl groups excluding tert-OH is 2. The Morgan fingerprint density at radius 2 is 1.74 bits per heavy atom. The zero-order valence-corrected chi connectivity index (χ0v) is 24.6. The van der Waals surface area contributed by atoms with Crippen molar-refractivity contribution in [2.75, 3.05) is 19.6 Å². The molecule has 0 radical (unpaired) electrons. The van der Waals surface area contributed by atoms with Crippen molar-refractivity contribution in [1.29, 1.82) is 0 Å². The van der Waals surface area contributed by atoms with Gasteiger partial charge in [0.25, 0.3) is 5.91 Å². The summed E-state index contributed by atoms with van der Waals surface area (Å²) in [6, 6.07) is 23.9. The second-order valence-corrected chi connectivity index (χ2v) is 11.3. The molecule has 3 aromatic carbocycles. The van der Waals surface area contributed by atoms with Crippen LogP contribution >= 0.6 is 0 Å². The maximum Gasteiger partial charge on any atom is 0.303 e. The van der Waals surface area contributed by atoms with Crippen molar-refractivity contribution in [2.24, 2.45) is 0 Å². The average Bonchev–Trinajstić information content (AvgIpc) is 3.43. The van der Waals surface area contributed by atoms with Crippen molar-refractivity contribution in [1.82, 2.24) is 10.2 Å². The SMILES string of the molecule is CC(=O)O[C@@H](C)C(=O)NCc1cccc(-c2ccc([C@@H]3O[C@H](CN4CC[C@H](O)C4)C[C@H](c4ccc(CO)cc4)O3)cc2)c1. The molecule has 228 valence electrons. The molecule has 0 saturated carbocycles. The second kappa shape index (κ2) is 14.2. The Bertz CT molecular complexity index is 1380. The third-order valence-corrected chi connectivity index (χ3v) is 7.95. The minimum absolute atomic E-state index is 0.00334. The van der Waals surface area contributed by atoms with Gasteiger partial charge in [0.05, 0.1) is 24.9 Å². The minimum atomic E-state index is -0.849. The smallest absolute Gasteiger partial charge is 0.303 e. The van der Waals surface area contributed by atoms with Gasteiger partial charge in [-0.15, -0.1) is 0 Å². The zero-order chi connectivity index (χ0) is 30.3. The van der Waals surface area contributed by atoms with Crippen molar-refractivity contribution in [3.8, 4) is 11.1 Å². The number of hydrogen-bond donors (Lipinski definition) is 3. The lowest BCUT2D eigenvalue weighted by atomic mass is 9.99. The van der Waals surface area contributed by atoms with Crippen LogP contribution in [0.4, 0.5) is 0 Å². The van der Waals surface area contributed by atoms with Gasteiger partial charge in [0.15, 0.2) is 12.4 Å². The molecule has 2 fully saturated rings. The van der Waals surface area contributed by atoms with E-state index < -0.39 is 18.4 Å². The lowest BCUT2D eigenvalue weighted by molar-refractivity contribution is -0.252. The zero-order valence-electron chi connectivity index (χ0n) is 24.6. The highest BCUT2D eigenvalue weighted by molar-refractivity contribution is 5.82. The van der Waals surface area contributed by atoms with E-state index in [0.29, 0.717) is 19.5 Å². The van der Waals surface area contributed by atoms with Crippen LogP contribution in [0.1, 0.15) is 61.3 Å². The second-order valence-electron chi connectivity index (χ2n) is 11.3. The number of amides is 1. The predicted octanol–water partition coefficient (Wildman–Crippen LogP) is 4.03. The highest BCUT2D eigenvalue weighted by Gasteiger charge is 2.34. The van der Waals surface area contributed by atoms with Crippen LogP contribution in [0.15, 0.2) is 72.8 Å². The molecule has 9 nitrogen and oxygen atoms in total. The number of aliphatic hydroxyl groups is 2. The molecule has 2 aliphatic heterocycles. The molecule has 43 heavy (non-hydrogen) atoms. The summed E-state index contributed by atoms with van der Waals surface area (Å²) < 4.78 is 17.9. The highest BCUT2D eigenvalue weighted by Crippen LogP contribution is 2.39. The average molecular weight is 589 g/mol. The van der Waals surface area contributed by atoms with Crippen molar-refractivity contribution in [3.05, 3.63) is 95.1 Å². The first-order chi connectivity index (χ1) is 20.8. The molecule has 2 aliphatic rings. The lowest BCUT2D eigenvalue weighted by Gasteiger charge is -2.37. The summed E-state index contributed by atoms with van der Waals surface area (Å²) in [5, 5.41) is 22.3.